The van der Waals surface area contributed by atoms with Gasteiger partial charge >= 0.3 is 0 Å². The number of ether oxygens (including phenoxy) is 1. The minimum absolute atomic E-state index is 0.278. The van der Waals surface area contributed by atoms with Gasteiger partial charge in [-0.2, -0.15) is 0 Å². The lowest BCUT2D eigenvalue weighted by Crippen LogP contribution is -2.16. The zero-order valence-corrected chi connectivity index (χ0v) is 11.8. The second kappa shape index (κ2) is 23.6. The molecule has 3 heteroatoms. The number of methoxy groups -OCH3 is 1. The Morgan fingerprint density at radius 2 is 1.67 bits per heavy atom. The molecule has 1 rings (SSSR count). The molecule has 0 radical (unpaired) electrons. The van der Waals surface area contributed by atoms with Crippen molar-refractivity contribution in [3.8, 4) is 12.8 Å². The van der Waals surface area contributed by atoms with Crippen LogP contribution in [-0.4, -0.2) is 32.1 Å². The molecule has 0 amide bonds. The molecule has 1 atom stereocenters. The Bertz CT molecular complexity index is 97.0. The molecule has 1 saturated heterocycles. The van der Waals surface area contributed by atoms with Crippen LogP contribution in [0.4, 0.5) is 0 Å². The van der Waals surface area contributed by atoms with Gasteiger partial charge in [0.25, 0.3) is 0 Å². The van der Waals surface area contributed by atoms with E-state index in [1.807, 2.05) is 20.8 Å². The fraction of sp³-hybridized carbons (Fsp3) is 0.833. The normalized spacial score (nSPS) is 13.5. The zero-order chi connectivity index (χ0) is 12.5. The molecule has 1 fully saturated rings. The van der Waals surface area contributed by atoms with Crippen LogP contribution in [-0.2, 0) is 4.74 Å². The summed E-state index contributed by atoms with van der Waals surface area (Å²) in [7, 11) is 3.00. The summed E-state index contributed by atoms with van der Waals surface area (Å²) < 4.78 is 4.77. The highest BCUT2D eigenvalue weighted by Crippen LogP contribution is 2.23. The van der Waals surface area contributed by atoms with Crippen LogP contribution in [0.5, 0.6) is 0 Å². The second-order valence-corrected chi connectivity index (χ2v) is 4.36. The Balaban J connectivity index is -0.000000152. The van der Waals surface area contributed by atoms with Crippen molar-refractivity contribution in [3.63, 3.8) is 0 Å². The van der Waals surface area contributed by atoms with Crippen molar-refractivity contribution in [1.82, 2.24) is 0 Å². The SMILES string of the molecule is C#C.C1CPC1.CC.COCCC(C)N. The first kappa shape index (κ1) is 20.3. The van der Waals surface area contributed by atoms with Crippen LogP contribution in [0.15, 0.2) is 0 Å². The van der Waals surface area contributed by atoms with E-state index in [1.54, 1.807) is 7.11 Å². The van der Waals surface area contributed by atoms with Crippen LogP contribution < -0.4 is 5.73 Å². The summed E-state index contributed by atoms with van der Waals surface area (Å²) in [6, 6.07) is 0.278. The fourth-order valence-corrected chi connectivity index (χ4v) is 0.834. The molecule has 15 heavy (non-hydrogen) atoms. The number of terminal acetylenes is 1. The highest BCUT2D eigenvalue weighted by atomic mass is 31.1. The largest absolute Gasteiger partial charge is 0.385 e. The van der Waals surface area contributed by atoms with Crippen molar-refractivity contribution in [2.75, 3.05) is 26.0 Å². The molecule has 0 aromatic heterocycles. The molecule has 1 aliphatic heterocycles. The first-order chi connectivity index (χ1) is 7.27. The van der Waals surface area contributed by atoms with Gasteiger partial charge in [-0.3, -0.25) is 0 Å². The van der Waals surface area contributed by atoms with Crippen LogP contribution in [0.3, 0.4) is 0 Å². The average Bonchev–Trinajstić information content (AvgIpc) is 2.18. The molecule has 0 bridgehead atoms. The van der Waals surface area contributed by atoms with Crippen LogP contribution in [0.2, 0.25) is 0 Å². The van der Waals surface area contributed by atoms with Crippen LogP contribution >= 0.6 is 8.58 Å². The summed E-state index contributed by atoms with van der Waals surface area (Å²) in [5.41, 5.74) is 5.40. The van der Waals surface area contributed by atoms with E-state index in [2.05, 4.69) is 12.8 Å². The number of hydrogen-bond acceptors (Lipinski definition) is 2. The molecule has 0 aromatic rings. The molecule has 1 heterocycles. The van der Waals surface area contributed by atoms with Crippen molar-refractivity contribution in [3.05, 3.63) is 0 Å². The van der Waals surface area contributed by atoms with Crippen molar-refractivity contribution >= 4 is 8.58 Å². The lowest BCUT2D eigenvalue weighted by atomic mass is 10.3. The second-order valence-electron chi connectivity index (χ2n) is 2.86. The average molecular weight is 233 g/mol. The third kappa shape index (κ3) is 31.5. The maximum Gasteiger partial charge on any atom is 0.0476 e. The van der Waals surface area contributed by atoms with Gasteiger partial charge < -0.3 is 10.5 Å². The molecule has 0 aromatic carbocycles. The fourth-order valence-electron chi connectivity index (χ4n) is 0.481. The predicted octanol–water partition coefficient (Wildman–Crippen LogP) is 2.71. The van der Waals surface area contributed by atoms with E-state index in [1.165, 1.54) is 27.3 Å². The van der Waals surface area contributed by atoms with Crippen LogP contribution in [0.25, 0.3) is 0 Å². The smallest absolute Gasteiger partial charge is 0.0476 e. The standard InChI is InChI=1S/C5H13NO.C3H7P.C2H6.C2H2/c1-5(6)3-4-7-2;1-2-4-3-1;2*1-2/h5H,3-4,6H2,1-2H3;4H,1-3H2;1-2H3;1-2H. The van der Waals surface area contributed by atoms with Gasteiger partial charge in [0.2, 0.25) is 0 Å². The lowest BCUT2D eigenvalue weighted by molar-refractivity contribution is 0.189. The maximum absolute atomic E-state index is 5.40. The first-order valence-electron chi connectivity index (χ1n) is 5.56. The van der Waals surface area contributed by atoms with Gasteiger partial charge in [-0.15, -0.1) is 21.4 Å². The van der Waals surface area contributed by atoms with E-state index < -0.39 is 0 Å². The van der Waals surface area contributed by atoms with Gasteiger partial charge in [-0.05, 0) is 32.1 Å². The van der Waals surface area contributed by atoms with Gasteiger partial charge in [0.15, 0.2) is 0 Å². The first-order valence-corrected chi connectivity index (χ1v) is 6.97. The van der Waals surface area contributed by atoms with Crippen LogP contribution in [0.1, 0.15) is 33.6 Å². The quantitative estimate of drug-likeness (QED) is 0.601. The third-order valence-corrected chi connectivity index (χ3v) is 2.90. The van der Waals surface area contributed by atoms with E-state index in [0.29, 0.717) is 0 Å². The molecule has 2 N–H and O–H groups in total. The van der Waals surface area contributed by atoms with Gasteiger partial charge in [-0.1, -0.05) is 13.8 Å². The van der Waals surface area contributed by atoms with Gasteiger partial charge in [0.1, 0.15) is 0 Å². The maximum atomic E-state index is 5.40. The number of nitrogens with two attached hydrogens (primary N) is 1. The molecule has 1 unspecified atom stereocenters. The highest BCUT2D eigenvalue weighted by Gasteiger charge is 1.94. The highest BCUT2D eigenvalue weighted by molar-refractivity contribution is 7.39. The number of rotatable bonds is 3. The molecule has 1 aliphatic rings. The molecule has 92 valence electrons. The van der Waals surface area contributed by atoms with E-state index in [4.69, 9.17) is 10.5 Å². The minimum Gasteiger partial charge on any atom is -0.385 e. The summed E-state index contributed by atoms with van der Waals surface area (Å²) >= 11 is 0. The molecule has 0 spiro atoms. The predicted molar refractivity (Wildman–Crippen MR) is 74.0 cm³/mol. The molecular formula is C12H28NOP. The zero-order valence-electron chi connectivity index (χ0n) is 10.8. The Kier molecular flexibility index (Phi) is 32.0. The molecule has 0 saturated carbocycles. The van der Waals surface area contributed by atoms with Crippen molar-refractivity contribution in [2.45, 2.75) is 39.7 Å². The van der Waals surface area contributed by atoms with Gasteiger partial charge in [0, 0.05) is 19.8 Å². The molecular weight excluding hydrogens is 205 g/mol. The Labute approximate surface area is 98.1 Å². The van der Waals surface area contributed by atoms with Crippen LogP contribution in [0, 0.1) is 12.8 Å². The Morgan fingerprint density at radius 1 is 1.33 bits per heavy atom. The summed E-state index contributed by atoms with van der Waals surface area (Å²) in [4.78, 5) is 0. The monoisotopic (exact) mass is 233 g/mol. The van der Waals surface area contributed by atoms with E-state index in [0.717, 1.165) is 13.0 Å². The topological polar surface area (TPSA) is 35.2 Å². The van der Waals surface area contributed by atoms with E-state index in [-0.39, 0.29) is 6.04 Å². The van der Waals surface area contributed by atoms with E-state index in [9.17, 15) is 0 Å². The van der Waals surface area contributed by atoms with E-state index >= 15 is 0 Å². The summed E-state index contributed by atoms with van der Waals surface area (Å²) in [5, 5.41) is 0. The van der Waals surface area contributed by atoms with Crippen molar-refractivity contribution < 1.29 is 4.74 Å². The number of hydrogen-bond donors (Lipinski definition) is 1. The van der Waals surface area contributed by atoms with Crippen molar-refractivity contribution in [1.29, 1.82) is 0 Å². The Morgan fingerprint density at radius 3 is 1.73 bits per heavy atom. The summed E-state index contributed by atoms with van der Waals surface area (Å²) in [6.07, 6.45) is 13.5. The summed E-state index contributed by atoms with van der Waals surface area (Å²) in [5.74, 6) is 0. The van der Waals surface area contributed by atoms with Gasteiger partial charge in [-0.25, -0.2) is 0 Å². The van der Waals surface area contributed by atoms with Crippen molar-refractivity contribution in [2.24, 2.45) is 5.73 Å². The molecule has 0 aliphatic carbocycles. The lowest BCUT2D eigenvalue weighted by Gasteiger charge is -2.06. The Hall–Kier alpha value is -0.0900. The summed E-state index contributed by atoms with van der Waals surface area (Å²) in [6.45, 7) is 6.75. The van der Waals surface area contributed by atoms with Gasteiger partial charge in [0.05, 0.1) is 0 Å². The minimum atomic E-state index is 0.278. The molecule has 2 nitrogen and oxygen atoms in total. The third-order valence-electron chi connectivity index (χ3n) is 1.48.